The van der Waals surface area contributed by atoms with Crippen LogP contribution in [0.15, 0.2) is 83.9 Å². The van der Waals surface area contributed by atoms with Gasteiger partial charge in [0, 0.05) is 16.5 Å². The highest BCUT2D eigenvalue weighted by Crippen LogP contribution is 2.32. The largest absolute Gasteiger partial charge is 0.768 e. The Hall–Kier alpha value is -3.02. The molecule has 1 heterocycles. The van der Waals surface area contributed by atoms with E-state index >= 15 is 0 Å². The first-order valence-electron chi connectivity index (χ1n) is 8.44. The van der Waals surface area contributed by atoms with Gasteiger partial charge in [-0.25, -0.2) is 0 Å². The van der Waals surface area contributed by atoms with E-state index < -0.39 is 11.1 Å². The maximum absolute atomic E-state index is 11.1. The molecule has 0 aliphatic rings. The Bertz CT molecular complexity index is 1160. The highest BCUT2D eigenvalue weighted by Gasteiger charge is 2.08. The summed E-state index contributed by atoms with van der Waals surface area (Å²) in [5.41, 5.74) is 4.19. The van der Waals surface area contributed by atoms with Gasteiger partial charge in [-0.15, -0.1) is 0 Å². The van der Waals surface area contributed by atoms with Crippen molar-refractivity contribution in [2.24, 2.45) is 0 Å². The summed E-state index contributed by atoms with van der Waals surface area (Å²) in [6.07, 6.45) is 1.81. The summed E-state index contributed by atoms with van der Waals surface area (Å²) in [6, 6.07) is 22.3. The molecule has 0 saturated heterocycles. The minimum atomic E-state index is -2.29. The molecule has 134 valence electrons. The van der Waals surface area contributed by atoms with Crippen LogP contribution in [0.5, 0.6) is 11.5 Å². The predicted molar refractivity (Wildman–Crippen MR) is 106 cm³/mol. The Labute approximate surface area is 159 Å². The van der Waals surface area contributed by atoms with Crippen LogP contribution in [0.1, 0.15) is 5.56 Å². The Morgan fingerprint density at radius 2 is 1.67 bits per heavy atom. The Balaban J connectivity index is 1.73. The number of ether oxygens (including phenoxy) is 1. The number of pyridine rings is 1. The summed E-state index contributed by atoms with van der Waals surface area (Å²) in [5, 5.41) is 1.08. The Morgan fingerprint density at radius 1 is 0.926 bits per heavy atom. The molecule has 1 unspecified atom stereocenters. The van der Waals surface area contributed by atoms with Gasteiger partial charge in [0.1, 0.15) is 11.5 Å². The van der Waals surface area contributed by atoms with Crippen molar-refractivity contribution < 1.29 is 13.5 Å². The summed E-state index contributed by atoms with van der Waals surface area (Å²) in [5.74, 6) is 1.11. The number of nitrogens with zero attached hydrogens (tertiary/aromatic N) is 1. The fourth-order valence-electron chi connectivity index (χ4n) is 3.08. The van der Waals surface area contributed by atoms with E-state index in [1.165, 1.54) is 12.1 Å². The van der Waals surface area contributed by atoms with Crippen LogP contribution in [-0.4, -0.2) is 13.7 Å². The second-order valence-corrected chi connectivity index (χ2v) is 7.11. The number of rotatable bonds is 4. The first kappa shape index (κ1) is 17.4. The number of fused-ring (bicyclic) bond motifs is 1. The predicted octanol–water partition coefficient (Wildman–Crippen LogP) is 5.24. The molecular weight excluding hydrogens is 358 g/mol. The van der Waals surface area contributed by atoms with Gasteiger partial charge in [0.15, 0.2) is 0 Å². The number of aryl methyl sites for hydroxylation is 1. The van der Waals surface area contributed by atoms with Crippen molar-refractivity contribution in [3.05, 3.63) is 84.6 Å². The van der Waals surface area contributed by atoms with E-state index in [-0.39, 0.29) is 4.90 Å². The average Bonchev–Trinajstić information content (AvgIpc) is 2.68. The van der Waals surface area contributed by atoms with Gasteiger partial charge in [0.05, 0.1) is 5.52 Å². The molecule has 0 spiro atoms. The molecule has 0 amide bonds. The quantitative estimate of drug-likeness (QED) is 0.458. The van der Waals surface area contributed by atoms with Crippen molar-refractivity contribution >= 4 is 22.0 Å². The second-order valence-electron chi connectivity index (χ2n) is 6.17. The number of hydrogen-bond donors (Lipinski definition) is 0. The van der Waals surface area contributed by atoms with Crippen LogP contribution in [0.3, 0.4) is 0 Å². The molecule has 0 bridgehead atoms. The zero-order chi connectivity index (χ0) is 18.8. The molecule has 1 aromatic heterocycles. The summed E-state index contributed by atoms with van der Waals surface area (Å²) < 4.78 is 28.1. The third kappa shape index (κ3) is 3.60. The zero-order valence-corrected chi connectivity index (χ0v) is 15.4. The van der Waals surface area contributed by atoms with E-state index in [4.69, 9.17) is 4.74 Å². The van der Waals surface area contributed by atoms with Gasteiger partial charge in [-0.3, -0.25) is 9.19 Å². The molecule has 4 aromatic rings. The Kier molecular flexibility index (Phi) is 4.71. The highest BCUT2D eigenvalue weighted by molar-refractivity contribution is 7.79. The summed E-state index contributed by atoms with van der Waals surface area (Å²) >= 11 is -2.29. The van der Waals surface area contributed by atoms with Crippen molar-refractivity contribution in [3.8, 4) is 22.6 Å². The van der Waals surface area contributed by atoms with Crippen molar-refractivity contribution in [2.75, 3.05) is 0 Å². The molecule has 5 heteroatoms. The van der Waals surface area contributed by atoms with Crippen LogP contribution in [0.4, 0.5) is 0 Å². The molecule has 4 nitrogen and oxygen atoms in total. The molecule has 0 N–H and O–H groups in total. The lowest BCUT2D eigenvalue weighted by molar-refractivity contribution is 0.480. The van der Waals surface area contributed by atoms with Gasteiger partial charge < -0.3 is 9.29 Å². The molecule has 0 fully saturated rings. The third-order valence-corrected chi connectivity index (χ3v) is 4.99. The number of para-hydroxylation sites is 1. The third-order valence-electron chi connectivity index (χ3n) is 4.35. The number of benzene rings is 3. The lowest BCUT2D eigenvalue weighted by Gasteiger charge is -2.12. The van der Waals surface area contributed by atoms with Crippen LogP contribution >= 0.6 is 0 Å². The molecule has 0 radical (unpaired) electrons. The lowest BCUT2D eigenvalue weighted by Crippen LogP contribution is -1.91. The van der Waals surface area contributed by atoms with Crippen LogP contribution in [0.25, 0.3) is 22.0 Å². The molecule has 0 aliphatic carbocycles. The number of hydrogen-bond acceptors (Lipinski definition) is 4. The van der Waals surface area contributed by atoms with E-state index in [1.54, 1.807) is 12.1 Å². The maximum atomic E-state index is 11.1. The minimum absolute atomic E-state index is 0.194. The standard InChI is InChI=1S/C22H17NO3S/c1-15-5-2-10-21-20(11-12-23-22(15)21)16-6-3-7-17(13-16)26-18-8-4-9-19(14-18)27(24)25/h2-14H,1H3,(H,24,25)/p-1. The highest BCUT2D eigenvalue weighted by atomic mass is 32.2. The maximum Gasteiger partial charge on any atom is 0.128 e. The van der Waals surface area contributed by atoms with Crippen molar-refractivity contribution in [1.29, 1.82) is 0 Å². The monoisotopic (exact) mass is 374 g/mol. The van der Waals surface area contributed by atoms with Crippen LogP contribution in [0, 0.1) is 6.92 Å². The van der Waals surface area contributed by atoms with Crippen molar-refractivity contribution in [3.63, 3.8) is 0 Å². The number of aromatic nitrogens is 1. The van der Waals surface area contributed by atoms with Crippen LogP contribution in [0.2, 0.25) is 0 Å². The lowest BCUT2D eigenvalue weighted by atomic mass is 9.99. The minimum Gasteiger partial charge on any atom is -0.768 e. The summed E-state index contributed by atoms with van der Waals surface area (Å²) in [6.45, 7) is 2.05. The van der Waals surface area contributed by atoms with E-state index in [0.29, 0.717) is 11.5 Å². The van der Waals surface area contributed by atoms with E-state index in [0.717, 1.165) is 27.6 Å². The smallest absolute Gasteiger partial charge is 0.128 e. The Morgan fingerprint density at radius 3 is 2.48 bits per heavy atom. The zero-order valence-electron chi connectivity index (χ0n) is 14.6. The molecule has 1 atom stereocenters. The summed E-state index contributed by atoms with van der Waals surface area (Å²) in [7, 11) is 0. The molecule has 4 rings (SSSR count). The first-order chi connectivity index (χ1) is 13.1. The molecule has 0 saturated carbocycles. The van der Waals surface area contributed by atoms with Crippen molar-refractivity contribution in [1.82, 2.24) is 4.98 Å². The van der Waals surface area contributed by atoms with Crippen LogP contribution < -0.4 is 4.74 Å². The topological polar surface area (TPSA) is 62.2 Å². The van der Waals surface area contributed by atoms with Crippen LogP contribution in [-0.2, 0) is 11.1 Å². The summed E-state index contributed by atoms with van der Waals surface area (Å²) in [4.78, 5) is 4.69. The van der Waals surface area contributed by atoms with Crippen molar-refractivity contribution in [2.45, 2.75) is 11.8 Å². The molecule has 27 heavy (non-hydrogen) atoms. The van der Waals surface area contributed by atoms with E-state index in [1.807, 2.05) is 55.6 Å². The fraction of sp³-hybridized carbons (Fsp3) is 0.0455. The molecule has 3 aromatic carbocycles. The van der Waals surface area contributed by atoms with Gasteiger partial charge >= 0.3 is 0 Å². The first-order valence-corrected chi connectivity index (χ1v) is 9.51. The fourth-order valence-corrected chi connectivity index (χ4v) is 3.48. The SMILES string of the molecule is Cc1cccc2c(-c3cccc(Oc4cccc(S(=O)[O-])c4)c3)ccnc12. The molecular formula is C22H16NO3S-. The van der Waals surface area contributed by atoms with Gasteiger partial charge in [-0.1, -0.05) is 36.4 Å². The average molecular weight is 374 g/mol. The van der Waals surface area contributed by atoms with E-state index in [2.05, 4.69) is 11.1 Å². The molecule has 0 aliphatic heterocycles. The second kappa shape index (κ2) is 7.31. The van der Waals surface area contributed by atoms with Gasteiger partial charge in [-0.05, 0) is 71.1 Å². The normalized spacial score (nSPS) is 12.1. The van der Waals surface area contributed by atoms with Gasteiger partial charge in [-0.2, -0.15) is 0 Å². The van der Waals surface area contributed by atoms with E-state index in [9.17, 15) is 8.76 Å². The van der Waals surface area contributed by atoms with Gasteiger partial charge in [0.25, 0.3) is 0 Å². The van der Waals surface area contributed by atoms with Gasteiger partial charge in [0.2, 0.25) is 0 Å².